The zero-order valence-electron chi connectivity index (χ0n) is 14.0. The Hall–Kier alpha value is -1.50. The Bertz CT molecular complexity index is 493. The number of likely N-dealkylation sites (N-methyl/N-ethyl adjacent to an activating group) is 1. The molecule has 0 heterocycles. The number of esters is 1. The highest BCUT2D eigenvalue weighted by molar-refractivity contribution is 5.91. The Morgan fingerprint density at radius 3 is 2.39 bits per heavy atom. The number of nitrogens with zero attached hydrogens (tertiary/aromatic N) is 1. The molecule has 1 aromatic rings. The maximum atomic E-state index is 12.1. The van der Waals surface area contributed by atoms with Crippen molar-refractivity contribution in [1.82, 2.24) is 0 Å². The van der Waals surface area contributed by atoms with Crippen molar-refractivity contribution < 1.29 is 18.9 Å². The predicted octanol–water partition coefficient (Wildman–Crippen LogP) is 2.99. The van der Waals surface area contributed by atoms with Gasteiger partial charge in [0.15, 0.2) is 0 Å². The molecule has 132 valence electrons. The minimum absolute atomic E-state index is 0. The van der Waals surface area contributed by atoms with Gasteiger partial charge in [-0.1, -0.05) is 6.92 Å². The Morgan fingerprint density at radius 2 is 1.87 bits per heavy atom. The fourth-order valence-corrected chi connectivity index (χ4v) is 1.95. The van der Waals surface area contributed by atoms with Gasteiger partial charge in [-0.15, -0.1) is 12.4 Å². The third kappa shape index (κ3) is 6.64. The molecule has 1 rings (SSSR count). The zero-order valence-corrected chi connectivity index (χ0v) is 14.9. The summed E-state index contributed by atoms with van der Waals surface area (Å²) in [6, 6.07) is 4.81. The van der Waals surface area contributed by atoms with Crippen LogP contribution >= 0.6 is 12.4 Å². The summed E-state index contributed by atoms with van der Waals surface area (Å²) in [5, 5.41) is 12.1. The van der Waals surface area contributed by atoms with Gasteiger partial charge >= 0.3 is 5.97 Å². The second kappa shape index (κ2) is 10.3. The van der Waals surface area contributed by atoms with Crippen LogP contribution in [-0.4, -0.2) is 43.5 Å². The van der Waals surface area contributed by atoms with Crippen LogP contribution in [0.3, 0.4) is 0 Å². The van der Waals surface area contributed by atoms with Crippen LogP contribution < -0.4 is 10.5 Å². The molecule has 0 fully saturated rings. The van der Waals surface area contributed by atoms with Gasteiger partial charge in [-0.25, -0.2) is 4.79 Å². The van der Waals surface area contributed by atoms with Crippen molar-refractivity contribution >= 4 is 24.1 Å². The maximum absolute atomic E-state index is 12.1. The van der Waals surface area contributed by atoms with E-state index < -0.39 is 5.97 Å². The third-order valence-corrected chi connectivity index (χ3v) is 3.59. The summed E-state index contributed by atoms with van der Waals surface area (Å²) in [4.78, 5) is 12.0. The molecule has 0 saturated carbocycles. The van der Waals surface area contributed by atoms with Crippen LogP contribution in [-0.2, 0) is 4.74 Å². The van der Waals surface area contributed by atoms with Gasteiger partial charge in [-0.3, -0.25) is 0 Å². The molecule has 0 bridgehead atoms. The highest BCUT2D eigenvalue weighted by Gasteiger charge is 2.14. The number of hydrogen-bond donors (Lipinski definition) is 1. The largest absolute Gasteiger partial charge is 0.633 e. The average molecular weight is 347 g/mol. The van der Waals surface area contributed by atoms with E-state index >= 15 is 0 Å². The molecule has 0 radical (unpaired) electrons. The first-order chi connectivity index (χ1) is 10.5. The van der Waals surface area contributed by atoms with Crippen molar-refractivity contribution in [3.63, 3.8) is 0 Å². The highest BCUT2D eigenvalue weighted by Crippen LogP contribution is 2.23. The first kappa shape index (κ1) is 21.5. The molecule has 7 heteroatoms. The summed E-state index contributed by atoms with van der Waals surface area (Å²) >= 11 is 0. The normalized spacial score (nSPS) is 10.8. The van der Waals surface area contributed by atoms with Crippen LogP contribution in [0.4, 0.5) is 5.69 Å². The summed E-state index contributed by atoms with van der Waals surface area (Å²) in [5.74, 6) is 0.0816. The molecule has 0 aliphatic carbocycles. The number of carbonyl (C=O) groups excluding carboxylic acids is 1. The molecule has 0 aromatic heterocycles. The number of carbonyl (C=O) groups is 1. The molecule has 0 aliphatic rings. The summed E-state index contributed by atoms with van der Waals surface area (Å²) < 4.78 is 10.2. The number of nitrogens with two attached hydrogens (primary N) is 1. The summed E-state index contributed by atoms with van der Waals surface area (Å²) in [5.41, 5.74) is 6.62. The molecular weight excluding hydrogens is 320 g/mol. The van der Waals surface area contributed by atoms with Crippen LogP contribution in [0.1, 0.15) is 37.6 Å². The zero-order chi connectivity index (χ0) is 16.6. The standard InChI is InChI=1S/C16H26N2O4.ClH/c1-4-10-21-15-8-7-13(12-14(15)17)16(19)22-11-9-18(20,5-2)6-3;/h7-8,12H,4-6,9-11,17H2,1-3H3;1H. The summed E-state index contributed by atoms with van der Waals surface area (Å²) in [6.45, 7) is 7.51. The first-order valence-electron chi connectivity index (χ1n) is 7.72. The third-order valence-electron chi connectivity index (χ3n) is 3.59. The number of rotatable bonds is 9. The van der Waals surface area contributed by atoms with Crippen molar-refractivity contribution in [3.8, 4) is 5.75 Å². The van der Waals surface area contributed by atoms with Crippen LogP contribution in [0.2, 0.25) is 0 Å². The quantitative estimate of drug-likeness (QED) is 0.321. The molecular formula is C16H27ClN2O4. The van der Waals surface area contributed by atoms with E-state index in [9.17, 15) is 10.0 Å². The molecule has 0 amide bonds. The minimum Gasteiger partial charge on any atom is -0.633 e. The lowest BCUT2D eigenvalue weighted by molar-refractivity contribution is -0.877. The van der Waals surface area contributed by atoms with E-state index in [2.05, 4.69) is 0 Å². The van der Waals surface area contributed by atoms with Gasteiger partial charge < -0.3 is 25.1 Å². The lowest BCUT2D eigenvalue weighted by Gasteiger charge is -2.40. The number of halogens is 1. The summed E-state index contributed by atoms with van der Waals surface area (Å²) in [6.07, 6.45) is 0.882. The van der Waals surface area contributed by atoms with Gasteiger partial charge in [0, 0.05) is 0 Å². The van der Waals surface area contributed by atoms with Crippen molar-refractivity contribution in [3.05, 3.63) is 29.0 Å². The second-order valence-electron chi connectivity index (χ2n) is 5.15. The van der Waals surface area contributed by atoms with E-state index in [-0.39, 0.29) is 30.2 Å². The fraction of sp³-hybridized carbons (Fsp3) is 0.562. The van der Waals surface area contributed by atoms with Crippen molar-refractivity contribution in [1.29, 1.82) is 0 Å². The molecule has 2 N–H and O–H groups in total. The number of nitrogen functional groups attached to an aromatic ring is 1. The SMILES string of the molecule is CCCOc1ccc(C(=O)OCC[N+]([O-])(CC)CC)cc1N.Cl. The van der Waals surface area contributed by atoms with Gasteiger partial charge in [0.1, 0.15) is 18.9 Å². The van der Waals surface area contributed by atoms with E-state index in [0.717, 1.165) is 6.42 Å². The van der Waals surface area contributed by atoms with E-state index in [1.807, 2.05) is 20.8 Å². The van der Waals surface area contributed by atoms with Crippen LogP contribution in [0, 0.1) is 5.21 Å². The summed E-state index contributed by atoms with van der Waals surface area (Å²) in [7, 11) is 0. The number of anilines is 1. The Kier molecular flexibility index (Phi) is 9.64. The lowest BCUT2D eigenvalue weighted by Crippen LogP contribution is -2.44. The monoisotopic (exact) mass is 346 g/mol. The van der Waals surface area contributed by atoms with Crippen molar-refractivity contribution in [2.45, 2.75) is 27.2 Å². The lowest BCUT2D eigenvalue weighted by atomic mass is 10.2. The number of benzene rings is 1. The van der Waals surface area contributed by atoms with Crippen molar-refractivity contribution in [2.75, 3.05) is 38.6 Å². The van der Waals surface area contributed by atoms with Gasteiger partial charge in [0.05, 0.1) is 30.9 Å². The number of hydrogen-bond acceptors (Lipinski definition) is 5. The smallest absolute Gasteiger partial charge is 0.338 e. The topological polar surface area (TPSA) is 84.6 Å². The Balaban J connectivity index is 0.00000484. The molecule has 0 aliphatic heterocycles. The van der Waals surface area contributed by atoms with E-state index in [1.54, 1.807) is 12.1 Å². The molecule has 0 saturated heterocycles. The van der Waals surface area contributed by atoms with Gasteiger partial charge in [-0.2, -0.15) is 0 Å². The predicted molar refractivity (Wildman–Crippen MR) is 93.7 cm³/mol. The Morgan fingerprint density at radius 1 is 1.22 bits per heavy atom. The minimum atomic E-state index is -0.479. The van der Waals surface area contributed by atoms with Gasteiger partial charge in [0.25, 0.3) is 0 Å². The number of hydroxylamine groups is 3. The van der Waals surface area contributed by atoms with E-state index in [4.69, 9.17) is 15.2 Å². The fourth-order valence-electron chi connectivity index (χ4n) is 1.95. The van der Waals surface area contributed by atoms with Gasteiger partial charge in [0.2, 0.25) is 0 Å². The average Bonchev–Trinajstić information content (AvgIpc) is 2.53. The Labute approximate surface area is 144 Å². The van der Waals surface area contributed by atoms with Crippen LogP contribution in [0.15, 0.2) is 18.2 Å². The van der Waals surface area contributed by atoms with Crippen molar-refractivity contribution in [2.24, 2.45) is 0 Å². The molecule has 23 heavy (non-hydrogen) atoms. The maximum Gasteiger partial charge on any atom is 0.338 e. The van der Waals surface area contributed by atoms with Gasteiger partial charge in [-0.05, 0) is 38.5 Å². The number of quaternary nitrogens is 1. The molecule has 0 spiro atoms. The molecule has 6 nitrogen and oxygen atoms in total. The van der Waals surface area contributed by atoms with E-state index in [1.165, 1.54) is 6.07 Å². The highest BCUT2D eigenvalue weighted by atomic mass is 35.5. The molecule has 0 unspecified atom stereocenters. The van der Waals surface area contributed by atoms with Crippen LogP contribution in [0.5, 0.6) is 5.75 Å². The molecule has 1 aromatic carbocycles. The van der Waals surface area contributed by atoms with Crippen LogP contribution in [0.25, 0.3) is 0 Å². The van der Waals surface area contributed by atoms with E-state index in [0.29, 0.717) is 36.7 Å². The first-order valence-corrected chi connectivity index (χ1v) is 7.72. The molecule has 0 atom stereocenters. The number of ether oxygens (including phenoxy) is 2. The second-order valence-corrected chi connectivity index (χ2v) is 5.15.